The quantitative estimate of drug-likeness (QED) is 0.494. The molecular weight excluding hydrogens is 362 g/mol. The molecule has 0 aliphatic rings. The Bertz CT molecular complexity index is 896. The van der Waals surface area contributed by atoms with Crippen molar-refractivity contribution in [1.82, 2.24) is 0 Å². The maximum absolute atomic E-state index is 12.8. The van der Waals surface area contributed by atoms with Crippen molar-refractivity contribution < 1.29 is 14.3 Å². The molecule has 0 bridgehead atoms. The van der Waals surface area contributed by atoms with E-state index in [4.69, 9.17) is 16.3 Å². The number of ether oxygens (including phenoxy) is 1. The van der Waals surface area contributed by atoms with Gasteiger partial charge in [-0.05, 0) is 35.4 Å². The second kappa shape index (κ2) is 9.01. The third-order valence-electron chi connectivity index (χ3n) is 3.97. The van der Waals surface area contributed by atoms with E-state index in [9.17, 15) is 9.59 Å². The van der Waals surface area contributed by atoms with Crippen LogP contribution < -0.4 is 5.32 Å². The fourth-order valence-corrected chi connectivity index (χ4v) is 2.73. The molecule has 0 heterocycles. The van der Waals surface area contributed by atoms with Crippen molar-refractivity contribution in [2.75, 3.05) is 5.32 Å². The molecule has 0 fully saturated rings. The highest BCUT2D eigenvalue weighted by molar-refractivity contribution is 6.30. The fourth-order valence-electron chi connectivity index (χ4n) is 2.60. The van der Waals surface area contributed by atoms with E-state index in [0.29, 0.717) is 16.3 Å². The summed E-state index contributed by atoms with van der Waals surface area (Å²) in [5.41, 5.74) is 1.99. The highest BCUT2D eigenvalue weighted by Gasteiger charge is 2.30. The van der Waals surface area contributed by atoms with Gasteiger partial charge >= 0.3 is 5.97 Å². The lowest BCUT2D eigenvalue weighted by Crippen LogP contribution is -2.29. The van der Waals surface area contributed by atoms with Crippen molar-refractivity contribution in [1.29, 1.82) is 0 Å². The molecule has 0 unspecified atom stereocenters. The molecule has 1 atom stereocenters. The Balaban J connectivity index is 1.77. The number of nitrogens with one attached hydrogen (secondary N) is 1. The number of benzene rings is 3. The summed E-state index contributed by atoms with van der Waals surface area (Å²) in [6.07, 6.45) is 0. The van der Waals surface area contributed by atoms with Gasteiger partial charge in [-0.3, -0.25) is 9.59 Å². The van der Waals surface area contributed by atoms with Crippen molar-refractivity contribution in [3.8, 4) is 0 Å². The number of anilines is 1. The van der Waals surface area contributed by atoms with E-state index in [2.05, 4.69) is 5.32 Å². The molecule has 1 N–H and O–H groups in total. The Morgan fingerprint density at radius 2 is 1.44 bits per heavy atom. The normalized spacial score (nSPS) is 11.4. The highest BCUT2D eigenvalue weighted by atomic mass is 35.5. The van der Waals surface area contributed by atoms with E-state index in [-0.39, 0.29) is 6.61 Å². The standard InChI is InChI=1S/C22H18ClNO3/c23-18-11-13-19(14-12-18)24-21(25)20(17-9-5-2-6-10-17)22(26)27-15-16-7-3-1-4-8-16/h1-14,20H,15H2,(H,24,25)/t20-/m0/s1. The van der Waals surface area contributed by atoms with Gasteiger partial charge in [0.15, 0.2) is 5.92 Å². The molecule has 0 radical (unpaired) electrons. The molecule has 3 rings (SSSR count). The smallest absolute Gasteiger partial charge is 0.323 e. The first-order valence-electron chi connectivity index (χ1n) is 8.45. The molecule has 3 aromatic carbocycles. The maximum atomic E-state index is 12.8. The van der Waals surface area contributed by atoms with Crippen LogP contribution >= 0.6 is 11.6 Å². The van der Waals surface area contributed by atoms with Crippen molar-refractivity contribution in [2.24, 2.45) is 0 Å². The first-order valence-corrected chi connectivity index (χ1v) is 8.83. The summed E-state index contributed by atoms with van der Waals surface area (Å²) in [4.78, 5) is 25.5. The highest BCUT2D eigenvalue weighted by Crippen LogP contribution is 2.22. The van der Waals surface area contributed by atoms with E-state index in [1.54, 1.807) is 48.5 Å². The van der Waals surface area contributed by atoms with Crippen molar-refractivity contribution >= 4 is 29.2 Å². The van der Waals surface area contributed by atoms with Crippen LogP contribution in [0.1, 0.15) is 17.0 Å². The van der Waals surface area contributed by atoms with Crippen molar-refractivity contribution in [3.63, 3.8) is 0 Å². The number of halogens is 1. The third-order valence-corrected chi connectivity index (χ3v) is 4.22. The van der Waals surface area contributed by atoms with Gasteiger partial charge in [0, 0.05) is 10.7 Å². The number of rotatable bonds is 6. The van der Waals surface area contributed by atoms with Gasteiger partial charge in [-0.25, -0.2) is 0 Å². The summed E-state index contributed by atoms with van der Waals surface area (Å²) in [6.45, 7) is 0.108. The van der Waals surface area contributed by atoms with Gasteiger partial charge in [-0.15, -0.1) is 0 Å². The summed E-state index contributed by atoms with van der Waals surface area (Å²) in [5, 5.41) is 3.31. The van der Waals surface area contributed by atoms with Crippen molar-refractivity contribution in [2.45, 2.75) is 12.5 Å². The predicted molar refractivity (Wildman–Crippen MR) is 106 cm³/mol. The maximum Gasteiger partial charge on any atom is 0.323 e. The minimum Gasteiger partial charge on any atom is -0.460 e. The van der Waals surface area contributed by atoms with Crippen LogP contribution in [0, 0.1) is 0 Å². The molecular formula is C22H18ClNO3. The zero-order valence-electron chi connectivity index (χ0n) is 14.5. The Labute approximate surface area is 162 Å². The Morgan fingerprint density at radius 1 is 0.852 bits per heavy atom. The van der Waals surface area contributed by atoms with Crippen molar-refractivity contribution in [3.05, 3.63) is 101 Å². The lowest BCUT2D eigenvalue weighted by Gasteiger charge is -2.16. The average Bonchev–Trinajstić information content (AvgIpc) is 2.70. The summed E-state index contributed by atoms with van der Waals surface area (Å²) < 4.78 is 5.40. The fraction of sp³-hybridized carbons (Fsp3) is 0.0909. The molecule has 0 spiro atoms. The predicted octanol–water partition coefficient (Wildman–Crippen LogP) is 4.81. The number of carbonyl (C=O) groups is 2. The Kier molecular flexibility index (Phi) is 6.23. The first-order chi connectivity index (χ1) is 13.1. The van der Waals surface area contributed by atoms with E-state index in [0.717, 1.165) is 5.56 Å². The van der Waals surface area contributed by atoms with Gasteiger partial charge in [0.2, 0.25) is 5.91 Å². The third kappa shape index (κ3) is 5.19. The average molecular weight is 380 g/mol. The minimum atomic E-state index is -1.06. The summed E-state index contributed by atoms with van der Waals surface area (Å²) in [7, 11) is 0. The number of carbonyl (C=O) groups excluding carboxylic acids is 2. The van der Waals surface area contributed by atoms with E-state index < -0.39 is 17.8 Å². The molecule has 4 nitrogen and oxygen atoms in total. The van der Waals surface area contributed by atoms with Gasteiger partial charge in [-0.2, -0.15) is 0 Å². The van der Waals surface area contributed by atoms with E-state index in [1.165, 1.54) is 0 Å². The van der Waals surface area contributed by atoms with Gasteiger partial charge in [-0.1, -0.05) is 72.3 Å². The van der Waals surface area contributed by atoms with Crippen LogP contribution in [0.5, 0.6) is 0 Å². The van der Waals surface area contributed by atoms with Crippen LogP contribution in [0.4, 0.5) is 5.69 Å². The van der Waals surface area contributed by atoms with E-state index in [1.807, 2.05) is 36.4 Å². The summed E-state index contributed by atoms with van der Waals surface area (Å²) >= 11 is 5.87. The number of esters is 1. The van der Waals surface area contributed by atoms with Crippen LogP contribution in [0.3, 0.4) is 0 Å². The number of hydrogen-bond donors (Lipinski definition) is 1. The van der Waals surface area contributed by atoms with Crippen LogP contribution in [0.15, 0.2) is 84.9 Å². The summed E-state index contributed by atoms with van der Waals surface area (Å²) in [5.74, 6) is -2.12. The largest absolute Gasteiger partial charge is 0.460 e. The van der Waals surface area contributed by atoms with Gasteiger partial charge in [0.1, 0.15) is 6.61 Å². The first kappa shape index (κ1) is 18.7. The number of amides is 1. The van der Waals surface area contributed by atoms with Gasteiger partial charge in [0.05, 0.1) is 0 Å². The molecule has 0 aliphatic carbocycles. The minimum absolute atomic E-state index is 0.108. The molecule has 136 valence electrons. The summed E-state index contributed by atoms with van der Waals surface area (Å²) in [6, 6.07) is 24.9. The van der Waals surface area contributed by atoms with E-state index >= 15 is 0 Å². The number of hydrogen-bond acceptors (Lipinski definition) is 3. The van der Waals surface area contributed by atoms with Crippen LogP contribution in [-0.4, -0.2) is 11.9 Å². The second-order valence-corrected chi connectivity index (χ2v) is 6.37. The molecule has 0 saturated heterocycles. The lowest BCUT2D eigenvalue weighted by molar-refractivity contribution is -0.149. The van der Waals surface area contributed by atoms with Gasteiger partial charge in [0.25, 0.3) is 0 Å². The van der Waals surface area contributed by atoms with Crippen LogP contribution in [0.25, 0.3) is 0 Å². The molecule has 0 saturated carbocycles. The molecule has 5 heteroatoms. The lowest BCUT2D eigenvalue weighted by atomic mass is 9.98. The van der Waals surface area contributed by atoms with Crippen LogP contribution in [0.2, 0.25) is 5.02 Å². The Morgan fingerprint density at radius 3 is 2.07 bits per heavy atom. The molecule has 0 aromatic heterocycles. The monoisotopic (exact) mass is 379 g/mol. The molecule has 27 heavy (non-hydrogen) atoms. The molecule has 0 aliphatic heterocycles. The second-order valence-electron chi connectivity index (χ2n) is 5.93. The molecule has 1 amide bonds. The zero-order chi connectivity index (χ0) is 19.1. The molecule has 3 aromatic rings. The SMILES string of the molecule is O=C(Nc1ccc(Cl)cc1)[C@@H](C(=O)OCc1ccccc1)c1ccccc1. The van der Waals surface area contributed by atoms with Gasteiger partial charge < -0.3 is 10.1 Å². The zero-order valence-corrected chi connectivity index (χ0v) is 15.2. The topological polar surface area (TPSA) is 55.4 Å². The van der Waals surface area contributed by atoms with Crippen LogP contribution in [-0.2, 0) is 20.9 Å². The Hall–Kier alpha value is -3.11.